The van der Waals surface area contributed by atoms with Crippen LogP contribution in [0, 0.1) is 6.92 Å². The molecule has 6 heteroatoms. The normalized spacial score (nSPS) is 11.5. The van der Waals surface area contributed by atoms with Crippen LogP contribution in [0.2, 0.25) is 0 Å². The molecule has 2 N–H and O–H groups in total. The van der Waals surface area contributed by atoms with Crippen LogP contribution in [0.15, 0.2) is 53.6 Å². The first-order valence-corrected chi connectivity index (χ1v) is 8.22. The lowest BCUT2D eigenvalue weighted by molar-refractivity contribution is 0.415. The van der Waals surface area contributed by atoms with Crippen molar-refractivity contribution in [2.45, 2.75) is 11.8 Å². The minimum atomic E-state index is -3.65. The van der Waals surface area contributed by atoms with Crippen LogP contribution in [0.4, 0.5) is 5.69 Å². The van der Waals surface area contributed by atoms with Gasteiger partial charge < -0.3 is 9.72 Å². The molecule has 3 aromatic rings. The molecule has 5 nitrogen and oxygen atoms in total. The first kappa shape index (κ1) is 14.5. The van der Waals surface area contributed by atoms with Gasteiger partial charge in [-0.25, -0.2) is 8.42 Å². The molecule has 3 rings (SSSR count). The number of rotatable bonds is 4. The average Bonchev–Trinajstić information content (AvgIpc) is 2.96. The van der Waals surface area contributed by atoms with Crippen LogP contribution in [-0.2, 0) is 10.0 Å². The zero-order chi connectivity index (χ0) is 15.7. The van der Waals surface area contributed by atoms with Crippen LogP contribution in [-0.4, -0.2) is 20.5 Å². The third-order valence-electron chi connectivity index (χ3n) is 3.44. The van der Waals surface area contributed by atoms with Gasteiger partial charge in [-0.3, -0.25) is 4.72 Å². The van der Waals surface area contributed by atoms with Crippen molar-refractivity contribution in [1.29, 1.82) is 0 Å². The van der Waals surface area contributed by atoms with Gasteiger partial charge in [0.1, 0.15) is 5.75 Å². The number of ether oxygens (including phenoxy) is 1. The molecule has 0 aliphatic rings. The van der Waals surface area contributed by atoms with Crippen LogP contribution in [0.3, 0.4) is 0 Å². The van der Waals surface area contributed by atoms with Gasteiger partial charge in [0.2, 0.25) is 0 Å². The van der Waals surface area contributed by atoms with Crippen molar-refractivity contribution in [1.82, 2.24) is 4.98 Å². The summed E-state index contributed by atoms with van der Waals surface area (Å²) in [6, 6.07) is 12.1. The molecule has 0 amide bonds. The Morgan fingerprint density at radius 3 is 2.50 bits per heavy atom. The largest absolute Gasteiger partial charge is 0.497 e. The van der Waals surface area contributed by atoms with E-state index in [2.05, 4.69) is 9.71 Å². The molecule has 0 bridgehead atoms. The molecule has 0 saturated heterocycles. The van der Waals surface area contributed by atoms with Crippen molar-refractivity contribution in [3.63, 3.8) is 0 Å². The van der Waals surface area contributed by atoms with Gasteiger partial charge in [0.05, 0.1) is 23.2 Å². The van der Waals surface area contributed by atoms with E-state index in [4.69, 9.17) is 4.74 Å². The second-order valence-electron chi connectivity index (χ2n) is 5.04. The molecule has 0 aliphatic heterocycles. The minimum Gasteiger partial charge on any atom is -0.497 e. The van der Waals surface area contributed by atoms with Gasteiger partial charge in [-0.2, -0.15) is 0 Å². The van der Waals surface area contributed by atoms with Crippen molar-refractivity contribution < 1.29 is 13.2 Å². The van der Waals surface area contributed by atoms with E-state index in [9.17, 15) is 8.42 Å². The summed E-state index contributed by atoms with van der Waals surface area (Å²) in [5.74, 6) is 0.591. The van der Waals surface area contributed by atoms with E-state index in [1.54, 1.807) is 43.6 Å². The number of sulfonamides is 1. The highest BCUT2D eigenvalue weighted by Gasteiger charge is 2.16. The SMILES string of the molecule is COc1cc(NS(=O)(=O)c2ccc(C)cc2)c2[nH]ccc2c1. The van der Waals surface area contributed by atoms with Gasteiger partial charge in [-0.1, -0.05) is 17.7 Å². The fourth-order valence-electron chi connectivity index (χ4n) is 2.26. The summed E-state index contributed by atoms with van der Waals surface area (Å²) < 4.78 is 32.9. The lowest BCUT2D eigenvalue weighted by Crippen LogP contribution is -2.13. The molecule has 0 spiro atoms. The van der Waals surface area contributed by atoms with Gasteiger partial charge in [0.25, 0.3) is 10.0 Å². The molecule has 0 unspecified atom stereocenters. The minimum absolute atomic E-state index is 0.223. The highest BCUT2D eigenvalue weighted by atomic mass is 32.2. The number of benzene rings is 2. The molecule has 0 saturated carbocycles. The van der Waals surface area contributed by atoms with Crippen molar-refractivity contribution in [2.24, 2.45) is 0 Å². The summed E-state index contributed by atoms with van der Waals surface area (Å²) in [5.41, 5.74) is 2.18. The maximum absolute atomic E-state index is 12.5. The molecule has 0 atom stereocenters. The van der Waals surface area contributed by atoms with Gasteiger partial charge in [0, 0.05) is 17.6 Å². The zero-order valence-corrected chi connectivity index (χ0v) is 13.1. The Morgan fingerprint density at radius 1 is 1.09 bits per heavy atom. The van der Waals surface area contributed by atoms with Crippen molar-refractivity contribution in [3.8, 4) is 5.75 Å². The summed E-state index contributed by atoms with van der Waals surface area (Å²) in [6.45, 7) is 1.91. The predicted octanol–water partition coefficient (Wildman–Crippen LogP) is 3.29. The molecule has 1 aromatic heterocycles. The molecule has 0 aliphatic carbocycles. The summed E-state index contributed by atoms with van der Waals surface area (Å²) in [5, 5.41) is 0.876. The third-order valence-corrected chi connectivity index (χ3v) is 4.83. The molecule has 1 heterocycles. The summed E-state index contributed by atoms with van der Waals surface area (Å²) in [7, 11) is -2.10. The van der Waals surface area contributed by atoms with Crippen LogP contribution in [0.5, 0.6) is 5.75 Å². The van der Waals surface area contributed by atoms with E-state index in [1.807, 2.05) is 19.1 Å². The number of hydrogen-bond acceptors (Lipinski definition) is 3. The summed E-state index contributed by atoms with van der Waals surface area (Å²) in [4.78, 5) is 3.26. The lowest BCUT2D eigenvalue weighted by Gasteiger charge is -2.11. The molecule has 0 fully saturated rings. The number of anilines is 1. The summed E-state index contributed by atoms with van der Waals surface area (Å²) >= 11 is 0. The Kier molecular flexibility index (Phi) is 3.54. The fraction of sp³-hybridized carbons (Fsp3) is 0.125. The second kappa shape index (κ2) is 5.38. The van der Waals surface area contributed by atoms with Crippen molar-refractivity contribution in [2.75, 3.05) is 11.8 Å². The molecule has 22 heavy (non-hydrogen) atoms. The number of aryl methyl sites for hydroxylation is 1. The Labute approximate surface area is 129 Å². The highest BCUT2D eigenvalue weighted by molar-refractivity contribution is 7.92. The number of hydrogen-bond donors (Lipinski definition) is 2. The molecular weight excluding hydrogens is 300 g/mol. The number of fused-ring (bicyclic) bond motifs is 1. The van der Waals surface area contributed by atoms with E-state index in [0.717, 1.165) is 16.5 Å². The molecular formula is C16H16N2O3S. The van der Waals surface area contributed by atoms with Crippen LogP contribution in [0.25, 0.3) is 10.9 Å². The second-order valence-corrected chi connectivity index (χ2v) is 6.72. The number of nitrogens with one attached hydrogen (secondary N) is 2. The Bertz CT molecular complexity index is 912. The van der Waals surface area contributed by atoms with Crippen LogP contribution >= 0.6 is 0 Å². The van der Waals surface area contributed by atoms with E-state index in [1.165, 1.54) is 0 Å². The van der Waals surface area contributed by atoms with Crippen LogP contribution < -0.4 is 9.46 Å². The number of aromatic nitrogens is 1. The molecule has 2 aromatic carbocycles. The van der Waals surface area contributed by atoms with E-state index in [0.29, 0.717) is 11.4 Å². The predicted molar refractivity (Wildman–Crippen MR) is 86.8 cm³/mol. The van der Waals surface area contributed by atoms with Crippen molar-refractivity contribution >= 4 is 26.6 Å². The smallest absolute Gasteiger partial charge is 0.261 e. The Morgan fingerprint density at radius 2 is 1.82 bits per heavy atom. The first-order chi connectivity index (χ1) is 10.5. The van der Waals surface area contributed by atoms with Gasteiger partial charge in [-0.15, -0.1) is 0 Å². The summed E-state index contributed by atoms with van der Waals surface area (Å²) in [6.07, 6.45) is 1.76. The average molecular weight is 316 g/mol. The van der Waals surface area contributed by atoms with E-state index >= 15 is 0 Å². The fourth-order valence-corrected chi connectivity index (χ4v) is 3.33. The zero-order valence-electron chi connectivity index (χ0n) is 12.3. The third kappa shape index (κ3) is 2.65. The Balaban J connectivity index is 2.05. The maximum atomic E-state index is 12.5. The quantitative estimate of drug-likeness (QED) is 0.776. The topological polar surface area (TPSA) is 71.2 Å². The van der Waals surface area contributed by atoms with E-state index in [-0.39, 0.29) is 4.90 Å². The lowest BCUT2D eigenvalue weighted by atomic mass is 10.2. The van der Waals surface area contributed by atoms with E-state index < -0.39 is 10.0 Å². The maximum Gasteiger partial charge on any atom is 0.261 e. The van der Waals surface area contributed by atoms with Crippen molar-refractivity contribution in [3.05, 3.63) is 54.2 Å². The Hall–Kier alpha value is -2.47. The van der Waals surface area contributed by atoms with Gasteiger partial charge >= 0.3 is 0 Å². The molecule has 0 radical (unpaired) electrons. The highest BCUT2D eigenvalue weighted by Crippen LogP contribution is 2.30. The number of H-pyrrole nitrogens is 1. The number of methoxy groups -OCH3 is 1. The van der Waals surface area contributed by atoms with Crippen LogP contribution in [0.1, 0.15) is 5.56 Å². The standard InChI is InChI=1S/C16H16N2O3S/c1-11-3-5-14(6-4-11)22(19,20)18-15-10-13(21-2)9-12-7-8-17-16(12)15/h3-10,17-18H,1-2H3. The number of aromatic amines is 1. The van der Waals surface area contributed by atoms with Gasteiger partial charge in [0.15, 0.2) is 0 Å². The molecule has 114 valence electrons. The van der Waals surface area contributed by atoms with Gasteiger partial charge in [-0.05, 0) is 31.2 Å². The monoisotopic (exact) mass is 316 g/mol. The first-order valence-electron chi connectivity index (χ1n) is 6.74.